The van der Waals surface area contributed by atoms with Crippen LogP contribution in [-0.2, 0) is 6.54 Å². The summed E-state index contributed by atoms with van der Waals surface area (Å²) in [4.78, 5) is 5.35. The largest absolute Gasteiger partial charge is 0.328 e. The van der Waals surface area contributed by atoms with E-state index in [0.29, 0.717) is 12.1 Å². The molecule has 1 heterocycles. The van der Waals surface area contributed by atoms with Crippen molar-refractivity contribution < 1.29 is 0 Å². The number of nitrogens with zero attached hydrogens (tertiary/aromatic N) is 2. The highest BCUT2D eigenvalue weighted by atomic mass is 15.3. The maximum absolute atomic E-state index is 6.04. The first-order valence-electron chi connectivity index (χ1n) is 8.50. The van der Waals surface area contributed by atoms with Crippen LogP contribution in [0.1, 0.15) is 38.2 Å². The minimum atomic E-state index is 0.455. The van der Waals surface area contributed by atoms with Gasteiger partial charge in [0.25, 0.3) is 0 Å². The molecule has 2 N–H and O–H groups in total. The molecule has 3 nitrogen and oxygen atoms in total. The lowest BCUT2D eigenvalue weighted by molar-refractivity contribution is 0.0303. The van der Waals surface area contributed by atoms with Crippen molar-refractivity contribution >= 4 is 0 Å². The molecular formula is C18H29N3. The quantitative estimate of drug-likeness (QED) is 0.927. The third-order valence-electron chi connectivity index (χ3n) is 5.22. The third kappa shape index (κ3) is 3.85. The predicted molar refractivity (Wildman–Crippen MR) is 88.1 cm³/mol. The normalized spacial score (nSPS) is 32.2. The predicted octanol–water partition coefficient (Wildman–Crippen LogP) is 2.46. The van der Waals surface area contributed by atoms with Crippen LogP contribution in [0.15, 0.2) is 30.3 Å². The molecule has 0 spiro atoms. The minimum absolute atomic E-state index is 0.455. The average molecular weight is 287 g/mol. The molecule has 3 heteroatoms. The Labute approximate surface area is 129 Å². The van der Waals surface area contributed by atoms with E-state index >= 15 is 0 Å². The van der Waals surface area contributed by atoms with Crippen molar-refractivity contribution in [3.63, 3.8) is 0 Å². The van der Waals surface area contributed by atoms with Crippen molar-refractivity contribution in [1.29, 1.82) is 0 Å². The molecule has 0 radical (unpaired) electrons. The number of benzene rings is 1. The van der Waals surface area contributed by atoms with Crippen molar-refractivity contribution in [3.8, 4) is 0 Å². The van der Waals surface area contributed by atoms with Crippen molar-refractivity contribution in [1.82, 2.24) is 9.80 Å². The molecule has 1 aliphatic heterocycles. The van der Waals surface area contributed by atoms with E-state index in [1.54, 1.807) is 0 Å². The molecule has 1 saturated carbocycles. The molecule has 1 unspecified atom stereocenters. The number of piperazine rings is 1. The average Bonchev–Trinajstić information content (AvgIpc) is 2.50. The Morgan fingerprint density at radius 3 is 2.43 bits per heavy atom. The van der Waals surface area contributed by atoms with Gasteiger partial charge in [-0.2, -0.15) is 0 Å². The monoisotopic (exact) mass is 287 g/mol. The van der Waals surface area contributed by atoms with Crippen molar-refractivity contribution in [2.45, 2.75) is 57.3 Å². The summed E-state index contributed by atoms with van der Waals surface area (Å²) in [5.74, 6) is 0. The smallest absolute Gasteiger partial charge is 0.0234 e. The molecule has 1 aromatic rings. The topological polar surface area (TPSA) is 32.5 Å². The minimum Gasteiger partial charge on any atom is -0.328 e. The molecule has 0 aromatic heterocycles. The lowest BCUT2D eigenvalue weighted by atomic mass is 9.89. The van der Waals surface area contributed by atoms with Crippen LogP contribution in [0.5, 0.6) is 0 Å². The molecule has 0 amide bonds. The van der Waals surface area contributed by atoms with E-state index in [-0.39, 0.29) is 0 Å². The van der Waals surface area contributed by atoms with Crippen molar-refractivity contribution in [2.24, 2.45) is 5.73 Å². The van der Waals surface area contributed by atoms with Crippen molar-refractivity contribution in [3.05, 3.63) is 35.9 Å². The highest BCUT2D eigenvalue weighted by Gasteiger charge is 2.31. The standard InChI is InChI=1S/C18H29N3/c1-15-13-20(14-16-5-3-2-4-6-16)11-12-21(15)18-9-7-17(19)8-10-18/h2-6,15,17-18H,7-14,19H2,1H3. The second kappa shape index (κ2) is 6.91. The van der Waals surface area contributed by atoms with E-state index in [0.717, 1.165) is 12.6 Å². The highest BCUT2D eigenvalue weighted by Crippen LogP contribution is 2.26. The van der Waals surface area contributed by atoms with Gasteiger partial charge in [-0.25, -0.2) is 0 Å². The summed E-state index contributed by atoms with van der Waals surface area (Å²) in [5.41, 5.74) is 7.47. The van der Waals surface area contributed by atoms with E-state index in [1.165, 1.54) is 50.9 Å². The molecule has 1 aliphatic carbocycles. The van der Waals surface area contributed by atoms with Crippen LogP contribution >= 0.6 is 0 Å². The Balaban J connectivity index is 1.52. The van der Waals surface area contributed by atoms with Crippen molar-refractivity contribution in [2.75, 3.05) is 19.6 Å². The van der Waals surface area contributed by atoms with Crippen LogP contribution in [0.4, 0.5) is 0 Å². The van der Waals surface area contributed by atoms with Gasteiger partial charge >= 0.3 is 0 Å². The zero-order valence-electron chi connectivity index (χ0n) is 13.2. The van der Waals surface area contributed by atoms with Gasteiger partial charge in [-0.1, -0.05) is 30.3 Å². The van der Waals surface area contributed by atoms with Crippen LogP contribution in [0.3, 0.4) is 0 Å². The van der Waals surface area contributed by atoms with Gasteiger partial charge < -0.3 is 5.73 Å². The summed E-state index contributed by atoms with van der Waals surface area (Å²) in [5, 5.41) is 0. The van der Waals surface area contributed by atoms with Gasteiger partial charge in [0.15, 0.2) is 0 Å². The van der Waals surface area contributed by atoms with E-state index in [2.05, 4.69) is 47.1 Å². The molecule has 1 atom stereocenters. The number of hydrogen-bond donors (Lipinski definition) is 1. The Morgan fingerprint density at radius 1 is 1.05 bits per heavy atom. The van der Waals surface area contributed by atoms with Gasteiger partial charge in [0.05, 0.1) is 0 Å². The number of nitrogens with two attached hydrogens (primary N) is 1. The lowest BCUT2D eigenvalue weighted by Crippen LogP contribution is -2.56. The van der Waals surface area contributed by atoms with Crippen LogP contribution in [0, 0.1) is 0 Å². The molecule has 2 fully saturated rings. The maximum Gasteiger partial charge on any atom is 0.0234 e. The van der Waals surface area contributed by atoms with Gasteiger partial charge in [0, 0.05) is 44.3 Å². The summed E-state index contributed by atoms with van der Waals surface area (Å²) in [6.07, 6.45) is 5.01. The van der Waals surface area contributed by atoms with E-state index in [1.807, 2.05) is 0 Å². The highest BCUT2D eigenvalue weighted by molar-refractivity contribution is 5.14. The van der Waals surface area contributed by atoms with Gasteiger partial charge in [-0.05, 0) is 38.2 Å². The first-order valence-corrected chi connectivity index (χ1v) is 8.50. The summed E-state index contributed by atoms with van der Waals surface area (Å²) in [6.45, 7) is 7.09. The summed E-state index contributed by atoms with van der Waals surface area (Å²) in [7, 11) is 0. The molecule has 21 heavy (non-hydrogen) atoms. The Bertz CT molecular complexity index is 425. The fraction of sp³-hybridized carbons (Fsp3) is 0.667. The maximum atomic E-state index is 6.04. The summed E-state index contributed by atoms with van der Waals surface area (Å²) >= 11 is 0. The van der Waals surface area contributed by atoms with Crippen LogP contribution in [-0.4, -0.2) is 47.6 Å². The zero-order chi connectivity index (χ0) is 14.7. The van der Waals surface area contributed by atoms with E-state index < -0.39 is 0 Å². The Kier molecular flexibility index (Phi) is 4.94. The van der Waals surface area contributed by atoms with Gasteiger partial charge in [0.1, 0.15) is 0 Å². The molecule has 2 aliphatic rings. The second-order valence-corrected chi connectivity index (χ2v) is 6.88. The second-order valence-electron chi connectivity index (χ2n) is 6.88. The van der Waals surface area contributed by atoms with Gasteiger partial charge in [0.2, 0.25) is 0 Å². The third-order valence-corrected chi connectivity index (χ3v) is 5.22. The SMILES string of the molecule is CC1CN(Cc2ccccc2)CCN1C1CCC(N)CC1. The Morgan fingerprint density at radius 2 is 1.76 bits per heavy atom. The molecule has 0 bridgehead atoms. The van der Waals surface area contributed by atoms with Crippen LogP contribution in [0.2, 0.25) is 0 Å². The number of rotatable bonds is 3. The summed E-state index contributed by atoms with van der Waals surface area (Å²) < 4.78 is 0. The molecule has 1 aromatic carbocycles. The fourth-order valence-electron chi connectivity index (χ4n) is 4.01. The molecule has 1 saturated heterocycles. The van der Waals surface area contributed by atoms with E-state index in [4.69, 9.17) is 5.73 Å². The van der Waals surface area contributed by atoms with Gasteiger partial charge in [-0.15, -0.1) is 0 Å². The first kappa shape index (κ1) is 15.0. The zero-order valence-corrected chi connectivity index (χ0v) is 13.2. The molecule has 3 rings (SSSR count). The van der Waals surface area contributed by atoms with Crippen LogP contribution < -0.4 is 5.73 Å². The van der Waals surface area contributed by atoms with E-state index in [9.17, 15) is 0 Å². The summed E-state index contributed by atoms with van der Waals surface area (Å²) in [6, 6.07) is 12.7. The lowest BCUT2D eigenvalue weighted by Gasteiger charge is -2.45. The van der Waals surface area contributed by atoms with Gasteiger partial charge in [-0.3, -0.25) is 9.80 Å². The Hall–Kier alpha value is -0.900. The molecule has 116 valence electrons. The fourth-order valence-corrected chi connectivity index (χ4v) is 4.01. The number of hydrogen-bond acceptors (Lipinski definition) is 3. The molecular weight excluding hydrogens is 258 g/mol. The first-order chi connectivity index (χ1) is 10.2. The van der Waals surface area contributed by atoms with Crippen LogP contribution in [0.25, 0.3) is 0 Å².